The zero-order valence-corrected chi connectivity index (χ0v) is 13.9. The van der Waals surface area contributed by atoms with Crippen LogP contribution in [0.1, 0.15) is 59.8 Å². The van der Waals surface area contributed by atoms with Crippen LogP contribution in [0.4, 0.5) is 0 Å². The summed E-state index contributed by atoms with van der Waals surface area (Å²) in [6.45, 7) is 3.60. The topological polar surface area (TPSA) is 69.0 Å². The Hall–Kier alpha value is -2.37. The Morgan fingerprint density at radius 2 is 2.17 bits per heavy atom. The molecule has 24 heavy (non-hydrogen) atoms. The number of aryl methyl sites for hydroxylation is 1. The number of fused-ring (bicyclic) bond motifs is 2. The summed E-state index contributed by atoms with van der Waals surface area (Å²) in [5.74, 6) is 2.70. The number of ether oxygens (including phenoxy) is 1. The maximum Gasteiger partial charge on any atom is 0.251 e. The maximum atomic E-state index is 12.6. The van der Waals surface area contributed by atoms with E-state index in [4.69, 9.17) is 4.74 Å². The van der Waals surface area contributed by atoms with Crippen LogP contribution in [0.5, 0.6) is 5.75 Å². The lowest BCUT2D eigenvalue weighted by Crippen LogP contribution is -2.29. The Morgan fingerprint density at radius 3 is 3.08 bits per heavy atom. The lowest BCUT2D eigenvalue weighted by molar-refractivity contribution is 0.0937. The number of amides is 1. The summed E-state index contributed by atoms with van der Waals surface area (Å²) in [5.41, 5.74) is 1.77. The summed E-state index contributed by atoms with van der Waals surface area (Å²) in [5, 5.41) is 11.7. The van der Waals surface area contributed by atoms with Gasteiger partial charge in [-0.2, -0.15) is 0 Å². The van der Waals surface area contributed by atoms with E-state index in [9.17, 15) is 4.79 Å². The quantitative estimate of drug-likeness (QED) is 0.940. The van der Waals surface area contributed by atoms with Crippen molar-refractivity contribution in [3.8, 4) is 5.75 Å². The number of nitrogens with one attached hydrogen (secondary N) is 1. The monoisotopic (exact) mass is 326 g/mol. The number of nitrogens with zero attached hydrogens (tertiary/aromatic N) is 3. The Labute approximate surface area is 141 Å². The Kier molecular flexibility index (Phi) is 3.96. The number of carbonyl (C=O) groups excluding carboxylic acids is 1. The van der Waals surface area contributed by atoms with Crippen molar-refractivity contribution < 1.29 is 9.53 Å². The molecule has 0 radical (unpaired) electrons. The summed E-state index contributed by atoms with van der Waals surface area (Å²) < 4.78 is 7.67. The fraction of sp³-hybridized carbons (Fsp3) is 0.500. The molecule has 1 aromatic heterocycles. The summed E-state index contributed by atoms with van der Waals surface area (Å²) in [7, 11) is 0. The van der Waals surface area contributed by atoms with Crippen molar-refractivity contribution >= 4 is 5.91 Å². The van der Waals surface area contributed by atoms with E-state index >= 15 is 0 Å². The molecule has 3 heterocycles. The molecule has 0 spiro atoms. The molecule has 126 valence electrons. The van der Waals surface area contributed by atoms with E-state index < -0.39 is 0 Å². The normalized spacial score (nSPS) is 17.4. The van der Waals surface area contributed by atoms with Gasteiger partial charge in [-0.25, -0.2) is 0 Å². The van der Waals surface area contributed by atoms with Crippen LogP contribution < -0.4 is 10.1 Å². The molecule has 1 amide bonds. The highest BCUT2D eigenvalue weighted by Crippen LogP contribution is 2.26. The number of carbonyl (C=O) groups is 1. The van der Waals surface area contributed by atoms with Crippen LogP contribution in [0.2, 0.25) is 0 Å². The minimum absolute atomic E-state index is 0.0804. The average Bonchev–Trinajstić information content (AvgIpc) is 3.15. The van der Waals surface area contributed by atoms with Gasteiger partial charge in [0, 0.05) is 24.9 Å². The van der Waals surface area contributed by atoms with Crippen molar-refractivity contribution in [1.82, 2.24) is 20.1 Å². The third kappa shape index (κ3) is 2.77. The third-order valence-corrected chi connectivity index (χ3v) is 4.82. The molecule has 1 N–H and O–H groups in total. The van der Waals surface area contributed by atoms with Crippen molar-refractivity contribution in [2.24, 2.45) is 0 Å². The molecule has 1 atom stereocenters. The summed E-state index contributed by atoms with van der Waals surface area (Å²) in [6.07, 6.45) is 5.36. The van der Waals surface area contributed by atoms with Gasteiger partial charge < -0.3 is 14.6 Å². The number of benzene rings is 1. The molecular weight excluding hydrogens is 304 g/mol. The number of hydrogen-bond donors (Lipinski definition) is 1. The van der Waals surface area contributed by atoms with Gasteiger partial charge in [-0.3, -0.25) is 4.79 Å². The van der Waals surface area contributed by atoms with E-state index in [1.165, 1.54) is 6.42 Å². The number of rotatable bonds is 3. The number of hydrogen-bond acceptors (Lipinski definition) is 4. The molecule has 0 bridgehead atoms. The van der Waals surface area contributed by atoms with Gasteiger partial charge in [0.05, 0.1) is 12.6 Å². The van der Waals surface area contributed by atoms with Crippen LogP contribution in [-0.4, -0.2) is 27.3 Å². The van der Waals surface area contributed by atoms with Gasteiger partial charge in [0.25, 0.3) is 5.91 Å². The lowest BCUT2D eigenvalue weighted by atomic mass is 10.1. The van der Waals surface area contributed by atoms with Crippen molar-refractivity contribution in [3.05, 3.63) is 41.0 Å². The zero-order chi connectivity index (χ0) is 16.5. The highest BCUT2D eigenvalue weighted by atomic mass is 16.5. The molecule has 4 rings (SSSR count). The van der Waals surface area contributed by atoms with Crippen molar-refractivity contribution in [3.63, 3.8) is 0 Å². The van der Waals surface area contributed by atoms with Crippen LogP contribution in [0.25, 0.3) is 0 Å². The maximum absolute atomic E-state index is 12.6. The molecule has 2 aromatic rings. The fourth-order valence-electron chi connectivity index (χ4n) is 3.50. The lowest BCUT2D eigenvalue weighted by Gasteiger charge is -2.15. The summed E-state index contributed by atoms with van der Waals surface area (Å²) >= 11 is 0. The second-order valence-electron chi connectivity index (χ2n) is 6.55. The van der Waals surface area contributed by atoms with Crippen LogP contribution in [0.3, 0.4) is 0 Å². The number of aromatic nitrogens is 3. The zero-order valence-electron chi connectivity index (χ0n) is 13.9. The molecule has 6 heteroatoms. The van der Waals surface area contributed by atoms with E-state index in [1.807, 2.05) is 25.1 Å². The molecule has 6 nitrogen and oxygen atoms in total. The molecular formula is C18H22N4O2. The highest BCUT2D eigenvalue weighted by molar-refractivity contribution is 5.94. The van der Waals surface area contributed by atoms with Gasteiger partial charge in [-0.15, -0.1) is 10.2 Å². The van der Waals surface area contributed by atoms with Gasteiger partial charge in [-0.05, 0) is 43.5 Å². The van der Waals surface area contributed by atoms with Gasteiger partial charge >= 0.3 is 0 Å². The summed E-state index contributed by atoms with van der Waals surface area (Å²) in [6, 6.07) is 5.46. The van der Waals surface area contributed by atoms with Crippen LogP contribution >= 0.6 is 0 Å². The van der Waals surface area contributed by atoms with E-state index in [0.717, 1.165) is 55.2 Å². The molecule has 0 aliphatic carbocycles. The minimum Gasteiger partial charge on any atom is -0.493 e. The van der Waals surface area contributed by atoms with Crippen molar-refractivity contribution in [2.45, 2.75) is 51.6 Å². The third-order valence-electron chi connectivity index (χ3n) is 4.82. The predicted molar refractivity (Wildman–Crippen MR) is 89.1 cm³/mol. The molecule has 0 saturated carbocycles. The summed E-state index contributed by atoms with van der Waals surface area (Å²) in [4.78, 5) is 12.6. The second kappa shape index (κ2) is 6.26. The first kappa shape index (κ1) is 15.2. The first-order valence-corrected chi connectivity index (χ1v) is 8.71. The van der Waals surface area contributed by atoms with Crippen LogP contribution in [-0.2, 0) is 19.4 Å². The Bertz CT molecular complexity index is 768. The van der Waals surface area contributed by atoms with E-state index in [2.05, 4.69) is 20.1 Å². The Morgan fingerprint density at radius 1 is 1.25 bits per heavy atom. The SMILES string of the molecule is C[C@H](NC(=O)c1ccc2c(c1)CCO2)c1nnc2n1CCCCC2. The van der Waals surface area contributed by atoms with Gasteiger partial charge in [0.1, 0.15) is 11.6 Å². The molecule has 2 aliphatic heterocycles. The molecule has 0 fully saturated rings. The van der Waals surface area contributed by atoms with E-state index in [-0.39, 0.29) is 11.9 Å². The molecule has 0 saturated heterocycles. The van der Waals surface area contributed by atoms with Gasteiger partial charge in [0.15, 0.2) is 5.82 Å². The first-order chi connectivity index (χ1) is 11.7. The molecule has 0 unspecified atom stereocenters. The van der Waals surface area contributed by atoms with Crippen molar-refractivity contribution in [2.75, 3.05) is 6.61 Å². The molecule has 1 aromatic carbocycles. The Balaban J connectivity index is 1.51. The standard InChI is InChI=1S/C18H22N4O2/c1-12(17-21-20-16-5-3-2-4-9-22(16)17)19-18(23)14-6-7-15-13(11-14)8-10-24-15/h6-7,11-12H,2-5,8-10H2,1H3,(H,19,23)/t12-/m0/s1. The molecule has 2 aliphatic rings. The highest BCUT2D eigenvalue weighted by Gasteiger charge is 2.22. The van der Waals surface area contributed by atoms with Crippen molar-refractivity contribution in [1.29, 1.82) is 0 Å². The first-order valence-electron chi connectivity index (χ1n) is 8.71. The minimum atomic E-state index is -0.165. The van der Waals surface area contributed by atoms with E-state index in [0.29, 0.717) is 12.2 Å². The fourth-order valence-corrected chi connectivity index (χ4v) is 3.50. The van der Waals surface area contributed by atoms with E-state index in [1.54, 1.807) is 0 Å². The second-order valence-corrected chi connectivity index (χ2v) is 6.55. The van der Waals surface area contributed by atoms with Crippen LogP contribution in [0, 0.1) is 0 Å². The van der Waals surface area contributed by atoms with Crippen LogP contribution in [0.15, 0.2) is 18.2 Å². The largest absolute Gasteiger partial charge is 0.493 e. The smallest absolute Gasteiger partial charge is 0.251 e. The predicted octanol–water partition coefficient (Wildman–Crippen LogP) is 2.43. The van der Waals surface area contributed by atoms with Gasteiger partial charge in [0.2, 0.25) is 0 Å². The average molecular weight is 326 g/mol. The van der Waals surface area contributed by atoms with Gasteiger partial charge in [-0.1, -0.05) is 6.42 Å².